The molecule has 1 heteroatoms. The van der Waals surface area contributed by atoms with Gasteiger partial charge in [-0.05, 0) is 18.8 Å². The van der Waals surface area contributed by atoms with Crippen LogP contribution in [0, 0.1) is 5.92 Å². The van der Waals surface area contributed by atoms with Crippen molar-refractivity contribution in [1.29, 1.82) is 0 Å². The summed E-state index contributed by atoms with van der Waals surface area (Å²) in [5, 5.41) is 9.52. The van der Waals surface area contributed by atoms with E-state index in [1.807, 2.05) is 0 Å². The summed E-state index contributed by atoms with van der Waals surface area (Å²) in [5.41, 5.74) is 3.77. The first-order valence-electron chi connectivity index (χ1n) is 4.50. The summed E-state index contributed by atoms with van der Waals surface area (Å²) >= 11 is 0. The Hall–Kier alpha value is -0.780. The second-order valence-electron chi connectivity index (χ2n) is 3.29. The quantitative estimate of drug-likeness (QED) is 0.501. The highest BCUT2D eigenvalue weighted by Crippen LogP contribution is 2.32. The van der Waals surface area contributed by atoms with Crippen LogP contribution in [0.15, 0.2) is 30.5 Å². The first kappa shape index (κ1) is 9.31. The fraction of sp³-hybridized carbons (Fsp3) is 0.545. The second kappa shape index (κ2) is 4.30. The van der Waals surface area contributed by atoms with Gasteiger partial charge in [-0.3, -0.25) is 0 Å². The summed E-state index contributed by atoms with van der Waals surface area (Å²) in [7, 11) is 0. The van der Waals surface area contributed by atoms with Crippen molar-refractivity contribution in [2.45, 2.75) is 31.8 Å². The molecule has 0 aromatic carbocycles. The molecule has 66 valence electrons. The van der Waals surface area contributed by atoms with Crippen molar-refractivity contribution in [3.05, 3.63) is 30.5 Å². The van der Waals surface area contributed by atoms with E-state index < -0.39 is 6.10 Å². The average molecular weight is 164 g/mol. The molecule has 1 nitrogen and oxygen atoms in total. The van der Waals surface area contributed by atoms with E-state index in [1.165, 1.54) is 25.7 Å². The zero-order valence-electron chi connectivity index (χ0n) is 7.42. The first-order valence-corrected chi connectivity index (χ1v) is 4.50. The molecule has 0 aromatic rings. The van der Waals surface area contributed by atoms with Crippen LogP contribution >= 0.6 is 0 Å². The van der Waals surface area contributed by atoms with E-state index in [0.717, 1.165) is 5.57 Å². The maximum Gasteiger partial charge on any atom is 0.100 e. The van der Waals surface area contributed by atoms with Gasteiger partial charge in [0.25, 0.3) is 0 Å². The van der Waals surface area contributed by atoms with Crippen molar-refractivity contribution in [2.24, 2.45) is 5.92 Å². The molecule has 0 bridgehead atoms. The Bertz CT molecular complexity index is 205. The molecule has 1 aliphatic rings. The third-order valence-corrected chi connectivity index (χ3v) is 2.54. The molecule has 1 rings (SSSR count). The smallest absolute Gasteiger partial charge is 0.100 e. The van der Waals surface area contributed by atoms with Crippen LogP contribution in [-0.2, 0) is 0 Å². The van der Waals surface area contributed by atoms with Crippen LogP contribution in [0.1, 0.15) is 25.7 Å². The maximum absolute atomic E-state index is 9.52. The second-order valence-corrected chi connectivity index (χ2v) is 3.29. The van der Waals surface area contributed by atoms with E-state index in [-0.39, 0.29) is 0 Å². The van der Waals surface area contributed by atoms with Crippen molar-refractivity contribution >= 4 is 0 Å². The predicted molar refractivity (Wildman–Crippen MR) is 50.8 cm³/mol. The molecule has 0 radical (unpaired) electrons. The number of aliphatic hydroxyl groups is 1. The normalized spacial score (nSPS) is 20.1. The van der Waals surface area contributed by atoms with Gasteiger partial charge in [-0.1, -0.05) is 25.5 Å². The minimum atomic E-state index is -0.536. The van der Waals surface area contributed by atoms with Gasteiger partial charge in [0.2, 0.25) is 0 Å². The number of hydrogen-bond donors (Lipinski definition) is 1. The van der Waals surface area contributed by atoms with E-state index in [2.05, 4.69) is 18.9 Å². The maximum atomic E-state index is 9.52. The molecule has 0 aliphatic heterocycles. The van der Waals surface area contributed by atoms with E-state index in [1.54, 1.807) is 6.08 Å². The van der Waals surface area contributed by atoms with Crippen LogP contribution in [-0.4, -0.2) is 11.2 Å². The molecule has 0 saturated heterocycles. The Morgan fingerprint density at radius 2 is 2.08 bits per heavy atom. The average Bonchev–Trinajstić information content (AvgIpc) is 2.58. The highest BCUT2D eigenvalue weighted by atomic mass is 16.3. The molecule has 1 saturated carbocycles. The molecule has 1 N–H and O–H groups in total. The lowest BCUT2D eigenvalue weighted by molar-refractivity contribution is 0.244. The lowest BCUT2D eigenvalue weighted by Gasteiger charge is -2.14. The molecule has 0 spiro atoms. The molecule has 1 aliphatic carbocycles. The van der Waals surface area contributed by atoms with Gasteiger partial charge in [0, 0.05) is 5.57 Å². The zero-order chi connectivity index (χ0) is 8.97. The molecule has 12 heavy (non-hydrogen) atoms. The largest absolute Gasteiger partial charge is 0.384 e. The van der Waals surface area contributed by atoms with Gasteiger partial charge in [0.05, 0.1) is 0 Å². The van der Waals surface area contributed by atoms with Crippen LogP contribution in [0.5, 0.6) is 0 Å². The fourth-order valence-corrected chi connectivity index (χ4v) is 1.85. The zero-order valence-corrected chi connectivity index (χ0v) is 7.42. The van der Waals surface area contributed by atoms with Crippen molar-refractivity contribution in [3.8, 4) is 0 Å². The van der Waals surface area contributed by atoms with Crippen LogP contribution in [0.3, 0.4) is 0 Å². The molecule has 0 heterocycles. The summed E-state index contributed by atoms with van der Waals surface area (Å²) in [5.74, 6) is 0.496. The van der Waals surface area contributed by atoms with Gasteiger partial charge in [0.15, 0.2) is 0 Å². The molecule has 0 aromatic heterocycles. The van der Waals surface area contributed by atoms with E-state index in [0.29, 0.717) is 5.92 Å². The highest BCUT2D eigenvalue weighted by Gasteiger charge is 2.22. The molecule has 0 amide bonds. The Morgan fingerprint density at radius 1 is 1.50 bits per heavy atom. The minimum absolute atomic E-state index is 0.496. The minimum Gasteiger partial charge on any atom is -0.384 e. The van der Waals surface area contributed by atoms with Crippen molar-refractivity contribution < 1.29 is 5.11 Å². The van der Waals surface area contributed by atoms with Gasteiger partial charge in [0.1, 0.15) is 6.10 Å². The molecule has 1 fully saturated rings. The van der Waals surface area contributed by atoms with Crippen LogP contribution < -0.4 is 0 Å². The first-order chi connectivity index (χ1) is 5.79. The van der Waals surface area contributed by atoms with Crippen molar-refractivity contribution in [3.63, 3.8) is 0 Å². The lowest BCUT2D eigenvalue weighted by Crippen LogP contribution is -2.12. The van der Waals surface area contributed by atoms with Crippen molar-refractivity contribution in [1.82, 2.24) is 0 Å². The predicted octanol–water partition coefficient (Wildman–Crippen LogP) is 2.43. The monoisotopic (exact) mass is 164 g/mol. The standard InChI is InChI=1S/C11H16O/c1-3-10(11(12)4-2)9-7-5-6-8-9/h4,9,11-12H,1-2,5-8H2. The van der Waals surface area contributed by atoms with Crippen LogP contribution in [0.4, 0.5) is 0 Å². The SMILES string of the molecule is C=C=C(C(O)C=C)C1CCCC1. The Balaban J connectivity index is 2.68. The number of rotatable bonds is 3. The van der Waals surface area contributed by atoms with E-state index in [4.69, 9.17) is 0 Å². The number of hydrogen-bond acceptors (Lipinski definition) is 1. The Kier molecular flexibility index (Phi) is 3.33. The lowest BCUT2D eigenvalue weighted by atomic mass is 9.94. The van der Waals surface area contributed by atoms with E-state index in [9.17, 15) is 5.11 Å². The molecule has 1 unspecified atom stereocenters. The number of aliphatic hydroxyl groups excluding tert-OH is 1. The van der Waals surface area contributed by atoms with Gasteiger partial charge in [-0.2, -0.15) is 0 Å². The third kappa shape index (κ3) is 1.88. The van der Waals surface area contributed by atoms with Gasteiger partial charge in [-0.25, -0.2) is 0 Å². The summed E-state index contributed by atoms with van der Waals surface area (Å²) in [4.78, 5) is 0. The summed E-state index contributed by atoms with van der Waals surface area (Å²) in [6, 6.07) is 0. The van der Waals surface area contributed by atoms with E-state index >= 15 is 0 Å². The topological polar surface area (TPSA) is 20.2 Å². The van der Waals surface area contributed by atoms with Crippen molar-refractivity contribution in [2.75, 3.05) is 0 Å². The summed E-state index contributed by atoms with van der Waals surface area (Å²) < 4.78 is 0. The highest BCUT2D eigenvalue weighted by molar-refractivity contribution is 5.16. The summed E-state index contributed by atoms with van der Waals surface area (Å²) in [6.45, 7) is 7.17. The Labute approximate surface area is 74.1 Å². The summed E-state index contributed by atoms with van der Waals surface area (Å²) in [6.07, 6.45) is 5.88. The van der Waals surface area contributed by atoms with Crippen LogP contribution in [0.25, 0.3) is 0 Å². The molecular weight excluding hydrogens is 148 g/mol. The van der Waals surface area contributed by atoms with Crippen LogP contribution in [0.2, 0.25) is 0 Å². The van der Waals surface area contributed by atoms with Gasteiger partial charge in [-0.15, -0.1) is 12.3 Å². The Morgan fingerprint density at radius 3 is 2.50 bits per heavy atom. The molecular formula is C11H16O. The van der Waals surface area contributed by atoms with Gasteiger partial charge < -0.3 is 5.11 Å². The third-order valence-electron chi connectivity index (χ3n) is 2.54. The van der Waals surface area contributed by atoms with Gasteiger partial charge >= 0.3 is 0 Å². The molecule has 1 atom stereocenters. The fourth-order valence-electron chi connectivity index (χ4n) is 1.85.